The van der Waals surface area contributed by atoms with E-state index >= 15 is 0 Å². The van der Waals surface area contributed by atoms with Gasteiger partial charge in [-0.2, -0.15) is 5.26 Å². The molecule has 6 rings (SSSR count). The quantitative estimate of drug-likeness (QED) is 0.394. The maximum atomic E-state index is 9.36. The zero-order chi connectivity index (χ0) is 20.9. The molecular formula is C25H18ClN3O2. The number of pyridine rings is 1. The fourth-order valence-corrected chi connectivity index (χ4v) is 5.03. The predicted molar refractivity (Wildman–Crippen MR) is 117 cm³/mol. The van der Waals surface area contributed by atoms with E-state index in [1.165, 1.54) is 5.56 Å². The van der Waals surface area contributed by atoms with Gasteiger partial charge in [0.15, 0.2) is 11.9 Å². The first-order chi connectivity index (χ1) is 15.2. The van der Waals surface area contributed by atoms with E-state index in [1.54, 1.807) is 12.3 Å². The van der Waals surface area contributed by atoms with Crippen LogP contribution in [0.25, 0.3) is 22.0 Å². The molecule has 152 valence electrons. The molecule has 6 heteroatoms. The van der Waals surface area contributed by atoms with Gasteiger partial charge in [0.25, 0.3) is 0 Å². The number of aryl methyl sites for hydroxylation is 1. The number of fused-ring (bicyclic) bond motifs is 3. The van der Waals surface area contributed by atoms with Crippen LogP contribution in [0.15, 0.2) is 47.1 Å². The van der Waals surface area contributed by atoms with Crippen molar-refractivity contribution in [1.29, 1.82) is 5.26 Å². The average Bonchev–Trinajstić information content (AvgIpc) is 3.41. The number of hydrogen-bond acceptors (Lipinski definition) is 5. The number of ether oxygens (including phenoxy) is 1. The van der Waals surface area contributed by atoms with E-state index < -0.39 is 0 Å². The first-order valence-corrected chi connectivity index (χ1v) is 10.8. The van der Waals surface area contributed by atoms with Crippen LogP contribution in [0.4, 0.5) is 0 Å². The normalized spacial score (nSPS) is 17.1. The van der Waals surface area contributed by atoms with Crippen LogP contribution < -0.4 is 4.74 Å². The van der Waals surface area contributed by atoms with Gasteiger partial charge < -0.3 is 9.26 Å². The standard InChI is InChI=1S/C25H18ClN3O2/c26-16-10-15-11-23(25-18-3-1-2-4-22(18)29-31-25)30-24(15)20(12-16)17-7-8-28-21-6-5-14(13-27)9-19(17)21/h5-10,12,23H,1-4,11H2/t23-/m1/s1. The molecule has 0 saturated heterocycles. The first kappa shape index (κ1) is 18.4. The third-order valence-electron chi connectivity index (χ3n) is 6.24. The minimum absolute atomic E-state index is 0.204. The molecular weight excluding hydrogens is 410 g/mol. The van der Waals surface area contributed by atoms with E-state index in [1.807, 2.05) is 30.3 Å². The van der Waals surface area contributed by atoms with Crippen molar-refractivity contribution >= 4 is 22.5 Å². The van der Waals surface area contributed by atoms with Crippen molar-refractivity contribution in [3.63, 3.8) is 0 Å². The molecule has 2 aromatic carbocycles. The van der Waals surface area contributed by atoms with Crippen molar-refractivity contribution in [2.24, 2.45) is 0 Å². The fraction of sp³-hybridized carbons (Fsp3) is 0.240. The highest BCUT2D eigenvalue weighted by atomic mass is 35.5. The second kappa shape index (κ2) is 7.11. The third kappa shape index (κ3) is 2.98. The predicted octanol–water partition coefficient (Wildman–Crippen LogP) is 5.97. The lowest BCUT2D eigenvalue weighted by Gasteiger charge is -2.15. The molecule has 1 aliphatic carbocycles. The number of benzene rings is 2. The molecule has 5 nitrogen and oxygen atoms in total. The number of halogens is 1. The summed E-state index contributed by atoms with van der Waals surface area (Å²) in [5, 5.41) is 15.2. The van der Waals surface area contributed by atoms with Crippen molar-refractivity contribution in [2.45, 2.75) is 38.2 Å². The zero-order valence-electron chi connectivity index (χ0n) is 16.7. The molecule has 2 aromatic heterocycles. The van der Waals surface area contributed by atoms with Crippen molar-refractivity contribution in [3.05, 3.63) is 75.8 Å². The monoisotopic (exact) mass is 427 g/mol. The molecule has 2 aliphatic rings. The summed E-state index contributed by atoms with van der Waals surface area (Å²) < 4.78 is 12.2. The number of nitrogens with zero attached hydrogens (tertiary/aromatic N) is 3. The van der Waals surface area contributed by atoms with Gasteiger partial charge in [-0.05, 0) is 67.6 Å². The van der Waals surface area contributed by atoms with E-state index in [0.29, 0.717) is 17.0 Å². The molecule has 3 heterocycles. The van der Waals surface area contributed by atoms with Crippen molar-refractivity contribution in [2.75, 3.05) is 0 Å². The molecule has 0 unspecified atom stereocenters. The van der Waals surface area contributed by atoms with Crippen LogP contribution in [-0.2, 0) is 19.3 Å². The molecule has 1 atom stereocenters. The van der Waals surface area contributed by atoms with E-state index in [-0.39, 0.29) is 6.10 Å². The highest BCUT2D eigenvalue weighted by Crippen LogP contribution is 2.47. The van der Waals surface area contributed by atoms with Gasteiger partial charge in [-0.1, -0.05) is 16.8 Å². The largest absolute Gasteiger partial charge is 0.481 e. The maximum absolute atomic E-state index is 9.36. The minimum Gasteiger partial charge on any atom is -0.481 e. The van der Waals surface area contributed by atoms with Crippen molar-refractivity contribution in [3.8, 4) is 22.9 Å². The maximum Gasteiger partial charge on any atom is 0.181 e. The van der Waals surface area contributed by atoms with Crippen LogP contribution in [0.2, 0.25) is 5.02 Å². The Hall–Kier alpha value is -3.36. The number of aromatic nitrogens is 2. The topological polar surface area (TPSA) is 71.9 Å². The Morgan fingerprint density at radius 2 is 1.97 bits per heavy atom. The Morgan fingerprint density at radius 1 is 1.06 bits per heavy atom. The van der Waals surface area contributed by atoms with Gasteiger partial charge in [0, 0.05) is 39.7 Å². The van der Waals surface area contributed by atoms with Gasteiger partial charge in [-0.25, -0.2) is 0 Å². The summed E-state index contributed by atoms with van der Waals surface area (Å²) in [5.74, 6) is 1.66. The third-order valence-corrected chi connectivity index (χ3v) is 6.46. The average molecular weight is 428 g/mol. The van der Waals surface area contributed by atoms with Gasteiger partial charge >= 0.3 is 0 Å². The second-order valence-corrected chi connectivity index (χ2v) is 8.57. The zero-order valence-corrected chi connectivity index (χ0v) is 17.4. The molecule has 31 heavy (non-hydrogen) atoms. The molecule has 0 amide bonds. The van der Waals surface area contributed by atoms with Crippen LogP contribution in [0.5, 0.6) is 5.75 Å². The minimum atomic E-state index is -0.204. The van der Waals surface area contributed by atoms with Crippen molar-refractivity contribution in [1.82, 2.24) is 10.1 Å². The molecule has 0 spiro atoms. The van der Waals surface area contributed by atoms with Gasteiger partial charge in [0.05, 0.1) is 22.8 Å². The lowest BCUT2D eigenvalue weighted by molar-refractivity contribution is 0.189. The number of hydrogen-bond donors (Lipinski definition) is 0. The van der Waals surface area contributed by atoms with E-state index in [2.05, 4.69) is 16.2 Å². The SMILES string of the molecule is N#Cc1ccc2nccc(-c3cc(Cl)cc4c3O[C@@H](c3onc5c3CCCC5)C4)c2c1. The van der Waals surface area contributed by atoms with E-state index in [4.69, 9.17) is 20.9 Å². The van der Waals surface area contributed by atoms with Crippen LogP contribution in [0.3, 0.4) is 0 Å². The Bertz CT molecular complexity index is 1390. The first-order valence-electron chi connectivity index (χ1n) is 10.5. The van der Waals surface area contributed by atoms with Crippen molar-refractivity contribution < 1.29 is 9.26 Å². The molecule has 0 N–H and O–H groups in total. The lowest BCUT2D eigenvalue weighted by atomic mass is 9.93. The molecule has 0 radical (unpaired) electrons. The van der Waals surface area contributed by atoms with Gasteiger partial charge in [-0.15, -0.1) is 0 Å². The summed E-state index contributed by atoms with van der Waals surface area (Å²) in [4.78, 5) is 4.46. The summed E-state index contributed by atoms with van der Waals surface area (Å²) in [5.41, 5.74) is 6.60. The fourth-order valence-electron chi connectivity index (χ4n) is 4.79. The molecule has 0 fully saturated rings. The highest BCUT2D eigenvalue weighted by molar-refractivity contribution is 6.31. The smallest absolute Gasteiger partial charge is 0.181 e. The van der Waals surface area contributed by atoms with Crippen LogP contribution in [0, 0.1) is 11.3 Å². The summed E-state index contributed by atoms with van der Waals surface area (Å²) in [7, 11) is 0. The summed E-state index contributed by atoms with van der Waals surface area (Å²) in [6, 6.07) is 13.6. The second-order valence-electron chi connectivity index (χ2n) is 8.13. The number of rotatable bonds is 2. The van der Waals surface area contributed by atoms with Gasteiger partial charge in [0.1, 0.15) is 5.75 Å². The van der Waals surface area contributed by atoms with Crippen LogP contribution in [0.1, 0.15) is 47.1 Å². The Kier molecular flexibility index (Phi) is 4.22. The van der Waals surface area contributed by atoms with Gasteiger partial charge in [-0.3, -0.25) is 4.98 Å². The van der Waals surface area contributed by atoms with E-state index in [0.717, 1.165) is 70.5 Å². The highest BCUT2D eigenvalue weighted by Gasteiger charge is 2.34. The number of nitriles is 1. The Labute approximate surface area is 184 Å². The van der Waals surface area contributed by atoms with Crippen LogP contribution in [-0.4, -0.2) is 10.1 Å². The Balaban J connectivity index is 1.48. The summed E-state index contributed by atoms with van der Waals surface area (Å²) >= 11 is 6.52. The molecule has 0 saturated carbocycles. The molecule has 0 bridgehead atoms. The van der Waals surface area contributed by atoms with Crippen LogP contribution >= 0.6 is 11.6 Å². The molecule has 4 aromatic rings. The van der Waals surface area contributed by atoms with Gasteiger partial charge in [0.2, 0.25) is 0 Å². The summed E-state index contributed by atoms with van der Waals surface area (Å²) in [6.07, 6.45) is 6.54. The lowest BCUT2D eigenvalue weighted by Crippen LogP contribution is -2.08. The molecule has 1 aliphatic heterocycles. The summed E-state index contributed by atoms with van der Waals surface area (Å²) in [6.45, 7) is 0. The Morgan fingerprint density at radius 3 is 2.87 bits per heavy atom. The van der Waals surface area contributed by atoms with E-state index in [9.17, 15) is 5.26 Å².